The van der Waals surface area contributed by atoms with Gasteiger partial charge in [0.05, 0.1) is 10.6 Å². The fourth-order valence-electron chi connectivity index (χ4n) is 4.29. The average molecular weight is 531 g/mol. The summed E-state index contributed by atoms with van der Waals surface area (Å²) >= 11 is 0. The van der Waals surface area contributed by atoms with Gasteiger partial charge in [-0.05, 0) is 77.8 Å². The Labute approximate surface area is 214 Å². The summed E-state index contributed by atoms with van der Waals surface area (Å²) in [5.74, 6) is 0.555. The fourth-order valence-corrected chi connectivity index (χ4v) is 5.93. The maximum absolute atomic E-state index is 13.5. The second-order valence-corrected chi connectivity index (χ2v) is 12.4. The van der Waals surface area contributed by atoms with Gasteiger partial charge in [0.15, 0.2) is 0 Å². The molecular weight excluding hydrogens is 494 g/mol. The van der Waals surface area contributed by atoms with Crippen molar-refractivity contribution in [1.29, 1.82) is 0 Å². The first kappa shape index (κ1) is 28.4. The van der Waals surface area contributed by atoms with Gasteiger partial charge in [-0.15, -0.1) is 0 Å². The summed E-state index contributed by atoms with van der Waals surface area (Å²) in [6.45, 7) is 6.35. The van der Waals surface area contributed by atoms with E-state index in [0.717, 1.165) is 67.2 Å². The van der Waals surface area contributed by atoms with Gasteiger partial charge in [-0.1, -0.05) is 76.4 Å². The summed E-state index contributed by atoms with van der Waals surface area (Å²) in [5.41, 5.74) is 4.67. The summed E-state index contributed by atoms with van der Waals surface area (Å²) in [5, 5.41) is 0.145. The molecule has 0 spiro atoms. The molecule has 3 rings (SSSR count). The van der Waals surface area contributed by atoms with Crippen molar-refractivity contribution in [3.63, 3.8) is 0 Å². The molecule has 0 fully saturated rings. The van der Waals surface area contributed by atoms with Gasteiger partial charge in [-0.2, -0.15) is 0 Å². The first-order chi connectivity index (χ1) is 17.1. The third-order valence-corrected chi connectivity index (χ3v) is 8.56. The van der Waals surface area contributed by atoms with E-state index in [4.69, 9.17) is 4.52 Å². The van der Waals surface area contributed by atoms with Crippen molar-refractivity contribution in [2.75, 3.05) is 0 Å². The van der Waals surface area contributed by atoms with Crippen molar-refractivity contribution >= 4 is 25.8 Å². The van der Waals surface area contributed by atoms with Crippen molar-refractivity contribution < 1.29 is 28.3 Å². The lowest BCUT2D eigenvalue weighted by atomic mass is 9.94. The molecule has 0 aliphatic rings. The van der Waals surface area contributed by atoms with E-state index in [1.807, 2.05) is 6.07 Å². The number of hydrogen-bond acceptors (Lipinski definition) is 3. The molecule has 0 aliphatic carbocycles. The van der Waals surface area contributed by atoms with Gasteiger partial charge in [-0.3, -0.25) is 4.57 Å². The Hall–Kier alpha value is -2.20. The van der Waals surface area contributed by atoms with Crippen LogP contribution in [0, 0.1) is 0 Å². The lowest BCUT2D eigenvalue weighted by Crippen LogP contribution is -2.12. The van der Waals surface area contributed by atoms with Crippen LogP contribution < -0.4 is 15.1 Å². The fraction of sp³-hybridized carbons (Fsp3) is 0.357. The molecule has 6 nitrogen and oxygen atoms in total. The highest BCUT2D eigenvalue weighted by atomic mass is 31.2. The first-order valence-corrected chi connectivity index (χ1v) is 15.7. The Balaban J connectivity index is 1.94. The number of hydrogen-bond donors (Lipinski definition) is 3. The van der Waals surface area contributed by atoms with Gasteiger partial charge in [0, 0.05) is 0 Å². The predicted octanol–water partition coefficient (Wildman–Crippen LogP) is 6.29. The Morgan fingerprint density at radius 2 is 1.17 bits per heavy atom. The minimum absolute atomic E-state index is 0.0526. The highest BCUT2D eigenvalue weighted by Gasteiger charge is 2.28. The minimum atomic E-state index is -4.31. The van der Waals surface area contributed by atoms with E-state index in [1.54, 1.807) is 36.4 Å². The maximum Gasteiger partial charge on any atom is 0.408 e. The van der Waals surface area contributed by atoms with Gasteiger partial charge < -0.3 is 19.2 Å². The number of aryl methyl sites for hydroxylation is 2. The van der Waals surface area contributed by atoms with Crippen LogP contribution in [0.15, 0.2) is 60.7 Å². The van der Waals surface area contributed by atoms with Crippen LogP contribution in [0.1, 0.15) is 63.1 Å². The zero-order valence-electron chi connectivity index (χ0n) is 21.2. The number of benzene rings is 3. The normalized spacial score (nSPS) is 13.4. The molecule has 0 bridgehead atoms. The Bertz CT molecular complexity index is 1250. The van der Waals surface area contributed by atoms with Crippen LogP contribution in [-0.2, 0) is 28.4 Å². The van der Waals surface area contributed by atoms with Crippen LogP contribution in [-0.4, -0.2) is 14.7 Å². The topological polar surface area (TPSA) is 104 Å². The molecule has 8 heteroatoms. The number of unbranched alkanes of at least 4 members (excludes halogenated alkanes) is 1. The lowest BCUT2D eigenvalue weighted by Gasteiger charge is -2.22. The van der Waals surface area contributed by atoms with Crippen molar-refractivity contribution in [3.8, 4) is 16.9 Å². The van der Waals surface area contributed by atoms with Gasteiger partial charge in [0.25, 0.3) is 0 Å². The molecule has 1 atom stereocenters. The van der Waals surface area contributed by atoms with Gasteiger partial charge in [0.1, 0.15) is 5.75 Å². The Kier molecular flexibility index (Phi) is 9.74. The van der Waals surface area contributed by atoms with Crippen molar-refractivity contribution in [1.82, 2.24) is 0 Å². The van der Waals surface area contributed by atoms with E-state index in [-0.39, 0.29) is 10.6 Å². The number of rotatable bonds is 12. The molecule has 3 aromatic rings. The van der Waals surface area contributed by atoms with Crippen LogP contribution in [0.3, 0.4) is 0 Å². The molecule has 0 saturated heterocycles. The summed E-state index contributed by atoms with van der Waals surface area (Å²) in [6, 6.07) is 16.8. The largest absolute Gasteiger partial charge is 0.421 e. The van der Waals surface area contributed by atoms with E-state index in [2.05, 4.69) is 26.8 Å². The van der Waals surface area contributed by atoms with Crippen LogP contribution in [0.2, 0.25) is 0 Å². The van der Waals surface area contributed by atoms with Crippen molar-refractivity contribution in [2.24, 2.45) is 0 Å². The third kappa shape index (κ3) is 6.97. The summed E-state index contributed by atoms with van der Waals surface area (Å²) < 4.78 is 30.9. The predicted molar refractivity (Wildman–Crippen MR) is 147 cm³/mol. The van der Waals surface area contributed by atoms with Gasteiger partial charge >= 0.3 is 15.2 Å². The molecule has 0 heterocycles. The smallest absolute Gasteiger partial charge is 0.408 e. The second-order valence-electron chi connectivity index (χ2n) is 9.04. The third-order valence-electron chi connectivity index (χ3n) is 6.20. The van der Waals surface area contributed by atoms with Gasteiger partial charge in [0.2, 0.25) is 0 Å². The zero-order chi connectivity index (χ0) is 26.3. The highest BCUT2D eigenvalue weighted by molar-refractivity contribution is 7.61. The van der Waals surface area contributed by atoms with Crippen LogP contribution in [0.4, 0.5) is 0 Å². The molecule has 1 unspecified atom stereocenters. The molecule has 0 aliphatic heterocycles. The molecule has 0 radical (unpaired) electrons. The van der Waals surface area contributed by atoms with E-state index < -0.39 is 15.2 Å². The van der Waals surface area contributed by atoms with E-state index in [0.29, 0.717) is 5.75 Å². The van der Waals surface area contributed by atoms with Crippen molar-refractivity contribution in [3.05, 3.63) is 77.4 Å². The molecule has 0 aromatic heterocycles. The summed E-state index contributed by atoms with van der Waals surface area (Å²) in [7, 11) is -8.47. The lowest BCUT2D eigenvalue weighted by molar-refractivity contribution is 0.386. The van der Waals surface area contributed by atoms with Crippen LogP contribution in [0.25, 0.3) is 11.1 Å². The standard InChI is InChI=1S/C28H36O6P2/c1-4-7-10-24-12-11-23(8-5-2)27(9-6-3)28(24)34-36(32,33)26-19-15-22(16-20-26)21-13-17-25(18-14-21)35(29,30)31/h11-20H,4-10H2,1-3H3,(H,32,33)(H2,29,30,31). The van der Waals surface area contributed by atoms with E-state index in [9.17, 15) is 23.8 Å². The van der Waals surface area contributed by atoms with E-state index in [1.165, 1.54) is 17.7 Å². The Morgan fingerprint density at radius 3 is 1.67 bits per heavy atom. The van der Waals surface area contributed by atoms with E-state index >= 15 is 0 Å². The second kappa shape index (κ2) is 12.4. The molecule has 3 aromatic carbocycles. The summed E-state index contributed by atoms with van der Waals surface area (Å²) in [4.78, 5) is 29.6. The average Bonchev–Trinajstić information content (AvgIpc) is 2.85. The molecular formula is C28H36O6P2. The Morgan fingerprint density at radius 1 is 0.639 bits per heavy atom. The SMILES string of the molecule is CCCCc1ccc(CCC)c(CCC)c1OP(=O)(O)c1ccc(-c2ccc(P(=O)(O)O)cc2)cc1. The monoisotopic (exact) mass is 530 g/mol. The first-order valence-electron chi connectivity index (χ1n) is 12.5. The highest BCUT2D eigenvalue weighted by Crippen LogP contribution is 2.46. The molecule has 3 N–H and O–H groups in total. The molecule has 0 amide bonds. The van der Waals surface area contributed by atoms with Crippen LogP contribution in [0.5, 0.6) is 5.75 Å². The minimum Gasteiger partial charge on any atom is -0.421 e. The van der Waals surface area contributed by atoms with Gasteiger partial charge in [-0.25, -0.2) is 4.57 Å². The zero-order valence-corrected chi connectivity index (χ0v) is 23.0. The van der Waals surface area contributed by atoms with Crippen molar-refractivity contribution in [2.45, 2.75) is 65.7 Å². The molecule has 194 valence electrons. The molecule has 36 heavy (non-hydrogen) atoms. The molecule has 0 saturated carbocycles. The van der Waals surface area contributed by atoms with Crippen LogP contribution >= 0.6 is 15.2 Å². The summed E-state index contributed by atoms with van der Waals surface area (Å²) in [6.07, 6.45) is 6.36. The quantitative estimate of drug-likeness (QED) is 0.238. The maximum atomic E-state index is 13.5.